The summed E-state index contributed by atoms with van der Waals surface area (Å²) in [5, 5.41) is 11.0. The Kier molecular flexibility index (Phi) is 8.68. The van der Waals surface area contributed by atoms with Crippen LogP contribution in [0.4, 0.5) is 5.69 Å². The van der Waals surface area contributed by atoms with Gasteiger partial charge in [-0.15, -0.1) is 0 Å². The first-order chi connectivity index (χ1) is 15.7. The second kappa shape index (κ2) is 10.9. The molecule has 34 heavy (non-hydrogen) atoms. The molecule has 0 aliphatic heterocycles. The Morgan fingerprint density at radius 3 is 2.06 bits per heavy atom. The molecule has 0 bridgehead atoms. The number of Topliss-reactive ketones (excluding diaryl/α,β-unsaturated/α-hetero) is 1. The van der Waals surface area contributed by atoms with Crippen LogP contribution >= 0.6 is 0 Å². The number of sulfonamides is 1. The minimum Gasteiger partial charge on any atom is -0.459 e. The molecule has 10 heteroatoms. The molecule has 0 saturated heterocycles. The highest BCUT2D eigenvalue weighted by Gasteiger charge is 2.40. The third-order valence-electron chi connectivity index (χ3n) is 4.77. The van der Waals surface area contributed by atoms with Crippen molar-refractivity contribution < 1.29 is 27.7 Å². The Balaban J connectivity index is 2.58. The van der Waals surface area contributed by atoms with Crippen LogP contribution in [0, 0.1) is 16.0 Å². The number of rotatable bonds is 10. The molecule has 184 valence electrons. The van der Waals surface area contributed by atoms with E-state index in [1.807, 2.05) is 13.8 Å². The molecule has 0 spiro atoms. The third kappa shape index (κ3) is 7.19. The number of ketones is 1. The van der Waals surface area contributed by atoms with Gasteiger partial charge in [0, 0.05) is 17.7 Å². The summed E-state index contributed by atoms with van der Waals surface area (Å²) in [6.07, 6.45) is 0.114. The van der Waals surface area contributed by atoms with Crippen LogP contribution in [0.2, 0.25) is 0 Å². The number of carbonyl (C=O) groups excluding carboxylic acids is 2. The van der Waals surface area contributed by atoms with E-state index in [9.17, 15) is 28.1 Å². The van der Waals surface area contributed by atoms with E-state index in [0.717, 1.165) is 28.6 Å². The lowest BCUT2D eigenvalue weighted by molar-refractivity contribution is -0.384. The molecule has 2 rings (SSSR count). The molecule has 2 aromatic rings. The van der Waals surface area contributed by atoms with Crippen molar-refractivity contribution in [3.63, 3.8) is 0 Å². The van der Waals surface area contributed by atoms with E-state index in [4.69, 9.17) is 4.74 Å². The minimum atomic E-state index is -4.40. The zero-order valence-corrected chi connectivity index (χ0v) is 20.7. The number of non-ortho nitro benzene ring substituents is 1. The molecule has 9 nitrogen and oxygen atoms in total. The summed E-state index contributed by atoms with van der Waals surface area (Å²) in [5.74, 6) is -1.37. The first-order valence-corrected chi connectivity index (χ1v) is 12.2. The molecule has 0 saturated carbocycles. The van der Waals surface area contributed by atoms with E-state index >= 15 is 0 Å². The topological polar surface area (TPSA) is 124 Å². The third-order valence-corrected chi connectivity index (χ3v) is 6.64. The summed E-state index contributed by atoms with van der Waals surface area (Å²) >= 11 is 0. The van der Waals surface area contributed by atoms with Crippen molar-refractivity contribution in [3.8, 4) is 0 Å². The zero-order valence-electron chi connectivity index (χ0n) is 19.9. The van der Waals surface area contributed by atoms with Gasteiger partial charge in [0.1, 0.15) is 11.6 Å². The monoisotopic (exact) mass is 490 g/mol. The first-order valence-electron chi connectivity index (χ1n) is 10.8. The largest absolute Gasteiger partial charge is 0.459 e. The van der Waals surface area contributed by atoms with Gasteiger partial charge >= 0.3 is 5.97 Å². The number of hydrogen-bond donors (Lipinski definition) is 0. The van der Waals surface area contributed by atoms with Gasteiger partial charge in [0.2, 0.25) is 10.0 Å². The molecule has 0 aromatic heterocycles. The Morgan fingerprint density at radius 1 is 1.03 bits per heavy atom. The smallest absolute Gasteiger partial charge is 0.325 e. The van der Waals surface area contributed by atoms with Gasteiger partial charge in [-0.05, 0) is 45.2 Å². The summed E-state index contributed by atoms with van der Waals surface area (Å²) in [5.41, 5.74) is -0.867. The van der Waals surface area contributed by atoms with Crippen LogP contribution in [0.3, 0.4) is 0 Å². The average Bonchev–Trinajstić information content (AvgIpc) is 2.75. The van der Waals surface area contributed by atoms with E-state index in [1.54, 1.807) is 51.1 Å². The molecule has 1 unspecified atom stereocenters. The summed E-state index contributed by atoms with van der Waals surface area (Å²) in [4.78, 5) is 36.3. The molecular formula is C24H30N2O7S. The van der Waals surface area contributed by atoms with Crippen molar-refractivity contribution in [2.45, 2.75) is 57.6 Å². The first kappa shape index (κ1) is 27.1. The molecular weight excluding hydrogens is 460 g/mol. The van der Waals surface area contributed by atoms with Crippen molar-refractivity contribution in [3.05, 3.63) is 70.3 Å². The molecule has 2 aromatic carbocycles. The normalized spacial score (nSPS) is 13.0. The van der Waals surface area contributed by atoms with Gasteiger partial charge in [-0.1, -0.05) is 44.2 Å². The summed E-state index contributed by atoms with van der Waals surface area (Å²) in [7, 11) is -4.40. The average molecular weight is 491 g/mol. The van der Waals surface area contributed by atoms with Crippen LogP contribution in [-0.2, 0) is 19.6 Å². The van der Waals surface area contributed by atoms with Crippen LogP contribution in [-0.4, -0.2) is 47.6 Å². The second-order valence-electron chi connectivity index (χ2n) is 9.27. The summed E-state index contributed by atoms with van der Waals surface area (Å²) in [6.45, 7) is 8.06. The molecule has 0 heterocycles. The van der Waals surface area contributed by atoms with Crippen molar-refractivity contribution >= 4 is 27.5 Å². The van der Waals surface area contributed by atoms with Gasteiger partial charge in [-0.2, -0.15) is 4.31 Å². The molecule has 1 atom stereocenters. The minimum absolute atomic E-state index is 0.0982. The van der Waals surface area contributed by atoms with Crippen LogP contribution < -0.4 is 0 Å². The molecule has 0 N–H and O–H groups in total. The van der Waals surface area contributed by atoms with Crippen LogP contribution in [0.1, 0.15) is 51.4 Å². The summed E-state index contributed by atoms with van der Waals surface area (Å²) < 4.78 is 33.7. The fourth-order valence-corrected chi connectivity index (χ4v) is 4.79. The molecule has 0 radical (unpaired) electrons. The summed E-state index contributed by atoms with van der Waals surface area (Å²) in [6, 6.07) is 11.2. The Labute approximate surface area is 199 Å². The number of carbonyl (C=O) groups is 2. The maximum absolute atomic E-state index is 13.7. The number of hydrogen-bond acceptors (Lipinski definition) is 7. The van der Waals surface area contributed by atoms with Crippen molar-refractivity contribution in [1.29, 1.82) is 0 Å². The lowest BCUT2D eigenvalue weighted by Gasteiger charge is -2.32. The van der Waals surface area contributed by atoms with Crippen LogP contribution in [0.5, 0.6) is 0 Å². The van der Waals surface area contributed by atoms with E-state index in [2.05, 4.69) is 0 Å². The number of ether oxygens (including phenoxy) is 1. The second-order valence-corrected chi connectivity index (χ2v) is 11.2. The lowest BCUT2D eigenvalue weighted by atomic mass is 10.0. The molecule has 0 amide bonds. The van der Waals surface area contributed by atoms with E-state index < -0.39 is 44.9 Å². The van der Waals surface area contributed by atoms with E-state index in [-0.39, 0.29) is 22.9 Å². The molecule has 0 aliphatic carbocycles. The number of esters is 1. The predicted octanol–water partition coefficient (Wildman–Crippen LogP) is 4.22. The SMILES string of the molecule is CC(C)CC(C(=O)OC(C)(C)C)N(CC(=O)c1ccccc1)S(=O)(=O)c1ccc([N+](=O)[O-])cc1. The van der Waals surface area contributed by atoms with Crippen LogP contribution in [0.15, 0.2) is 59.5 Å². The standard InChI is InChI=1S/C24H30N2O7S/c1-17(2)15-21(23(28)33-24(3,4)5)25(16-22(27)18-9-7-6-8-10-18)34(31,32)20-13-11-19(12-14-20)26(29)30/h6-14,17,21H,15-16H2,1-5H3. The van der Waals surface area contributed by atoms with Gasteiger partial charge < -0.3 is 4.74 Å². The Bertz CT molecular complexity index is 1120. The fourth-order valence-electron chi connectivity index (χ4n) is 3.24. The van der Waals surface area contributed by atoms with Gasteiger partial charge in [0.05, 0.1) is 16.4 Å². The van der Waals surface area contributed by atoms with Gasteiger partial charge in [0.25, 0.3) is 5.69 Å². The fraction of sp³-hybridized carbons (Fsp3) is 0.417. The molecule has 0 aliphatic rings. The Morgan fingerprint density at radius 2 is 1.59 bits per heavy atom. The molecule has 0 fully saturated rings. The lowest BCUT2D eigenvalue weighted by Crippen LogP contribution is -2.50. The van der Waals surface area contributed by atoms with Gasteiger partial charge in [0.15, 0.2) is 5.78 Å². The number of nitrogens with zero attached hydrogens (tertiary/aromatic N) is 2. The number of nitro benzene ring substituents is 1. The highest BCUT2D eigenvalue weighted by Crippen LogP contribution is 2.26. The zero-order chi connectivity index (χ0) is 25.7. The van der Waals surface area contributed by atoms with Gasteiger partial charge in [-0.25, -0.2) is 8.42 Å². The highest BCUT2D eigenvalue weighted by atomic mass is 32.2. The van der Waals surface area contributed by atoms with Crippen molar-refractivity contribution in [2.24, 2.45) is 5.92 Å². The predicted molar refractivity (Wildman–Crippen MR) is 127 cm³/mol. The van der Waals surface area contributed by atoms with Crippen molar-refractivity contribution in [2.75, 3.05) is 6.54 Å². The maximum atomic E-state index is 13.7. The maximum Gasteiger partial charge on any atom is 0.325 e. The quantitative estimate of drug-likeness (QED) is 0.211. The number of nitro groups is 1. The van der Waals surface area contributed by atoms with Gasteiger partial charge in [-0.3, -0.25) is 19.7 Å². The highest BCUT2D eigenvalue weighted by molar-refractivity contribution is 7.89. The van der Waals surface area contributed by atoms with E-state index in [1.165, 1.54) is 0 Å². The number of benzene rings is 2. The Hall–Kier alpha value is -3.11. The van der Waals surface area contributed by atoms with Crippen LogP contribution in [0.25, 0.3) is 0 Å². The van der Waals surface area contributed by atoms with Crippen molar-refractivity contribution in [1.82, 2.24) is 4.31 Å². The van der Waals surface area contributed by atoms with E-state index in [0.29, 0.717) is 5.56 Å².